The molecule has 13 atom stereocenters. The van der Waals surface area contributed by atoms with Crippen LogP contribution >= 0.6 is 23.7 Å². The normalized spacial score (nSPS) is 26.6. The molecule has 0 saturated carbocycles. The van der Waals surface area contributed by atoms with Gasteiger partial charge in [-0.25, -0.2) is 5.26 Å². The van der Waals surface area contributed by atoms with Crippen molar-refractivity contribution in [3.05, 3.63) is 77.9 Å². The molecule has 7 unspecified atom stereocenters. The van der Waals surface area contributed by atoms with Crippen LogP contribution in [0.15, 0.2) is 66.7 Å². The molecule has 5 heterocycles. The first-order valence-corrected chi connectivity index (χ1v) is 29.1. The molecule has 4 aromatic rings. The van der Waals surface area contributed by atoms with Gasteiger partial charge in [-0.2, -0.15) is 5.26 Å². The van der Waals surface area contributed by atoms with Crippen molar-refractivity contribution in [1.29, 1.82) is 5.26 Å². The molecule has 4 aliphatic rings. The third kappa shape index (κ3) is 15.5. The highest BCUT2D eigenvalue weighted by Gasteiger charge is 2.50. The van der Waals surface area contributed by atoms with Gasteiger partial charge in [0, 0.05) is 80.3 Å². The Bertz CT molecular complexity index is 3110. The molecule has 0 radical (unpaired) electrons. The molecular weight excluding hydrogens is 1170 g/mol. The summed E-state index contributed by atoms with van der Waals surface area (Å²) in [5, 5.41) is 122. The van der Waals surface area contributed by atoms with Gasteiger partial charge in [0.2, 0.25) is 35.4 Å². The number of aliphatic hydroxyl groups excluding tert-OH is 6. The lowest BCUT2D eigenvalue weighted by Gasteiger charge is -2.33. The van der Waals surface area contributed by atoms with Crippen molar-refractivity contribution in [3.63, 3.8) is 0 Å². The van der Waals surface area contributed by atoms with Gasteiger partial charge >= 0.3 is 0 Å². The molecule has 4 saturated heterocycles. The van der Waals surface area contributed by atoms with E-state index in [0.29, 0.717) is 15.6 Å². The zero-order valence-corrected chi connectivity index (χ0v) is 48.1. The minimum atomic E-state index is -2.15. The van der Waals surface area contributed by atoms with Gasteiger partial charge in [-0.05, 0) is 80.3 Å². The minimum absolute atomic E-state index is 0.0253. The van der Waals surface area contributed by atoms with Crippen LogP contribution in [0, 0.1) is 17.2 Å². The standard InChI is InChI=1S/C55H67N11O18S2/c1-27-25-66-45(46(27)73)51(78)57-24-34(68)22-36(58-47(74)30-7-9-31(10-8-30)52-62-63-53(85-52)32-11-13-33(14-12-32)64-18-4-3-5-19-64)48(75)59-42(28(2)67)54(79)65-26-35(69)23-37(65)49(76)60-43(50(77)61-44(55(66)80)39(71)16-17-56)40(72)20-29-6-15-38(70)41(21-29)82-86-84-83-81/h6-15,21,27-28,34-37,39-40,42-46,67-73,81H,3-5,16,18-20,22-26H2,1-2H3,(H,57,78)(H,58,74)(H,59,75)(H,60,76)(H,61,77)/t27?,28?,34-,35?,36-,37?,39+,40+,42?,43?,44-,45?,46-/m0/s1. The molecule has 0 bridgehead atoms. The number of anilines is 1. The van der Waals surface area contributed by atoms with E-state index in [0.717, 1.165) is 66.0 Å². The summed E-state index contributed by atoms with van der Waals surface area (Å²) in [5.74, 6) is -9.63. The number of hydrogen-bond acceptors (Lipinski definition) is 24. The average molecular weight is 1230 g/mol. The maximum atomic E-state index is 14.6. The summed E-state index contributed by atoms with van der Waals surface area (Å²) in [6, 6.07) is 8.04. The van der Waals surface area contributed by atoms with Crippen molar-refractivity contribution in [3.8, 4) is 38.7 Å². The van der Waals surface area contributed by atoms with Gasteiger partial charge in [0.25, 0.3) is 18.2 Å². The van der Waals surface area contributed by atoms with Gasteiger partial charge in [-0.3, -0.25) is 33.6 Å². The van der Waals surface area contributed by atoms with Gasteiger partial charge in [-0.1, -0.05) is 45.8 Å². The Kier molecular flexibility index (Phi) is 21.9. The van der Waals surface area contributed by atoms with Crippen LogP contribution in [0.25, 0.3) is 21.1 Å². The SMILES string of the molecule is CC(O)C1NC(=O)[C@@H](NC(=O)c2ccc(-c3nnc(-c4ccc(N5CCCCC5)cc4)s3)cc2)C[C@H](O)CNC(=O)C2[C@@H](O)C(C)CN2C(=O)[C@H]([C@H](O)CC#N)NC(=O)C([C@H](O)Cc2ccc(O)c(OSOOO)c2)NC(=O)C2CC(O)CN2C1=O. The van der Waals surface area contributed by atoms with Gasteiger partial charge < -0.3 is 81.2 Å². The fourth-order valence-electron chi connectivity index (χ4n) is 10.7. The van der Waals surface area contributed by atoms with E-state index in [4.69, 9.17) is 9.44 Å². The number of rotatable bonds is 15. The minimum Gasteiger partial charge on any atom is -0.504 e. The number of nitrogens with one attached hydrogen (secondary N) is 5. The molecule has 462 valence electrons. The van der Waals surface area contributed by atoms with E-state index in [-0.39, 0.29) is 35.7 Å². The molecule has 0 spiro atoms. The topological polar surface area (TPSA) is 428 Å². The largest absolute Gasteiger partial charge is 0.504 e. The maximum Gasteiger partial charge on any atom is 0.261 e. The predicted octanol–water partition coefficient (Wildman–Crippen LogP) is -1.21. The number of phenols is 1. The fraction of sp³-hybridized carbons (Fsp3) is 0.491. The number of amides is 7. The molecule has 29 nitrogen and oxygen atoms in total. The summed E-state index contributed by atoms with van der Waals surface area (Å²) < 4.78 is 9.30. The Balaban J connectivity index is 1.08. The van der Waals surface area contributed by atoms with Gasteiger partial charge in [0.05, 0.1) is 49.1 Å². The average Bonchev–Trinajstić information content (AvgIpc) is 2.20. The molecule has 8 rings (SSSR count). The zero-order chi connectivity index (χ0) is 61.9. The van der Waals surface area contributed by atoms with Crippen molar-refractivity contribution in [2.75, 3.05) is 37.6 Å². The van der Waals surface area contributed by atoms with Crippen LogP contribution in [0.2, 0.25) is 0 Å². The molecule has 4 aliphatic heterocycles. The van der Waals surface area contributed by atoms with Crippen LogP contribution in [-0.4, -0.2) is 208 Å². The number of carbonyl (C=O) groups is 7. The van der Waals surface area contributed by atoms with Crippen molar-refractivity contribution in [1.82, 2.24) is 46.6 Å². The monoisotopic (exact) mass is 1230 g/mol. The molecule has 3 aromatic carbocycles. The number of hydrogen-bond donors (Lipinski definition) is 13. The number of benzene rings is 3. The lowest BCUT2D eigenvalue weighted by Crippen LogP contribution is -2.64. The number of nitrogens with zero attached hydrogens (tertiary/aromatic N) is 6. The number of aromatic hydroxyl groups is 1. The number of nitriles is 1. The summed E-state index contributed by atoms with van der Waals surface area (Å²) in [7, 11) is 0. The molecule has 1 aromatic heterocycles. The van der Waals surface area contributed by atoms with Crippen molar-refractivity contribution in [2.24, 2.45) is 5.92 Å². The first kappa shape index (κ1) is 64.4. The molecule has 86 heavy (non-hydrogen) atoms. The second-order valence-electron chi connectivity index (χ2n) is 21.5. The van der Waals surface area contributed by atoms with E-state index >= 15 is 0 Å². The number of aromatic nitrogens is 2. The van der Waals surface area contributed by atoms with E-state index in [2.05, 4.69) is 63.2 Å². The predicted molar refractivity (Wildman–Crippen MR) is 303 cm³/mol. The first-order chi connectivity index (χ1) is 41.1. The van der Waals surface area contributed by atoms with Crippen molar-refractivity contribution >= 4 is 70.7 Å². The Morgan fingerprint density at radius 2 is 1.43 bits per heavy atom. The number of β-amino-alcohol motifs (C(OH)–C–C–N with tert-alkyl or cyclic N) is 1. The lowest BCUT2D eigenvalue weighted by atomic mass is 9.98. The molecular formula is C55H67N11O18S2. The van der Waals surface area contributed by atoms with E-state index in [1.165, 1.54) is 42.9 Å². The second kappa shape index (κ2) is 29.2. The highest BCUT2D eigenvalue weighted by Crippen LogP contribution is 2.34. The molecule has 0 aliphatic carbocycles. The van der Waals surface area contributed by atoms with E-state index < -0.39 is 165 Å². The summed E-state index contributed by atoms with van der Waals surface area (Å²) in [6.07, 6.45) is -9.59. The summed E-state index contributed by atoms with van der Waals surface area (Å²) in [5.41, 5.74) is 2.74. The first-order valence-electron chi connectivity index (χ1n) is 27.6. The smallest absolute Gasteiger partial charge is 0.261 e. The quantitative estimate of drug-likeness (QED) is 0.0287. The molecule has 31 heteroatoms. The zero-order valence-electron chi connectivity index (χ0n) is 46.5. The number of fused-ring (bicyclic) bond motifs is 2. The highest BCUT2D eigenvalue weighted by molar-refractivity contribution is 7.90. The van der Waals surface area contributed by atoms with Crippen molar-refractivity contribution in [2.45, 2.75) is 132 Å². The van der Waals surface area contributed by atoms with Gasteiger partial charge in [0.1, 0.15) is 46.3 Å². The summed E-state index contributed by atoms with van der Waals surface area (Å²) >= 11 is 1.40. The second-order valence-corrected chi connectivity index (χ2v) is 23.0. The Morgan fingerprint density at radius 1 is 0.791 bits per heavy atom. The fourth-order valence-corrected chi connectivity index (χ4v) is 11.8. The number of piperidine rings is 1. The van der Waals surface area contributed by atoms with Crippen molar-refractivity contribution < 1.29 is 88.1 Å². The Hall–Kier alpha value is -7.61. The Labute approximate surface area is 500 Å². The van der Waals surface area contributed by atoms with Crippen LogP contribution in [0.4, 0.5) is 5.69 Å². The van der Waals surface area contributed by atoms with Crippen LogP contribution in [-0.2, 0) is 44.6 Å². The number of phenolic OH excluding ortho intramolecular Hbond substituents is 1. The van der Waals surface area contributed by atoms with Crippen LogP contribution in [0.1, 0.15) is 68.3 Å². The number of carbonyl (C=O) groups excluding carboxylic acids is 7. The molecule has 13 N–H and O–H groups in total. The van der Waals surface area contributed by atoms with E-state index in [1.807, 2.05) is 12.1 Å². The molecule has 4 fully saturated rings. The van der Waals surface area contributed by atoms with Crippen LogP contribution in [0.3, 0.4) is 0 Å². The third-order valence-corrected chi connectivity index (χ3v) is 16.7. The lowest BCUT2D eigenvalue weighted by molar-refractivity contribution is -0.433. The third-order valence-electron chi connectivity index (χ3n) is 15.4. The van der Waals surface area contributed by atoms with Gasteiger partial charge in [-0.15, -0.1) is 10.2 Å². The number of aliphatic hydroxyl groups is 6. The van der Waals surface area contributed by atoms with Crippen LogP contribution in [0.5, 0.6) is 11.5 Å². The van der Waals surface area contributed by atoms with E-state index in [1.54, 1.807) is 18.2 Å². The highest BCUT2D eigenvalue weighted by atomic mass is 32.2. The Morgan fingerprint density at radius 3 is 2.08 bits per heavy atom. The van der Waals surface area contributed by atoms with Gasteiger partial charge in [0.15, 0.2) is 11.5 Å². The summed E-state index contributed by atoms with van der Waals surface area (Å²) in [4.78, 5) is 105. The molecule has 7 amide bonds. The maximum absolute atomic E-state index is 14.6. The van der Waals surface area contributed by atoms with E-state index in [9.17, 15) is 74.6 Å². The summed E-state index contributed by atoms with van der Waals surface area (Å²) in [6.45, 7) is 2.98. The van der Waals surface area contributed by atoms with Crippen LogP contribution < -0.4 is 35.7 Å².